The van der Waals surface area contributed by atoms with Gasteiger partial charge in [0.15, 0.2) is 0 Å². The molecule has 16 atom stereocenters. The van der Waals surface area contributed by atoms with Crippen LogP contribution in [0.2, 0.25) is 0 Å². The van der Waals surface area contributed by atoms with E-state index < -0.39 is 128 Å². The second-order valence-corrected chi connectivity index (χ2v) is 29.0. The van der Waals surface area contributed by atoms with Gasteiger partial charge in [0.25, 0.3) is 0 Å². The summed E-state index contributed by atoms with van der Waals surface area (Å²) >= 11 is 0. The van der Waals surface area contributed by atoms with Crippen molar-refractivity contribution in [3.63, 3.8) is 0 Å². The lowest BCUT2D eigenvalue weighted by Crippen LogP contribution is -2.71. The maximum Gasteiger partial charge on any atom is 0.345 e. The smallest absolute Gasteiger partial charge is 0.345 e. The highest BCUT2D eigenvalue weighted by atomic mass is 16.6. The molecule has 0 amide bonds. The average molecular weight is 1380 g/mol. The predicted molar refractivity (Wildman–Crippen MR) is 365 cm³/mol. The molecule has 4 aromatic heterocycles. The van der Waals surface area contributed by atoms with E-state index >= 15 is 0 Å². The number of aromatic nitrogens is 2. The number of esters is 4. The van der Waals surface area contributed by atoms with Crippen LogP contribution in [0.3, 0.4) is 0 Å². The number of pyridine rings is 2. The van der Waals surface area contributed by atoms with Gasteiger partial charge in [0.1, 0.15) is 70.3 Å². The molecule has 4 aromatic carbocycles. The minimum atomic E-state index is -1.47. The number of nitriles is 2. The van der Waals surface area contributed by atoms with Gasteiger partial charge < -0.3 is 57.7 Å². The highest BCUT2D eigenvalue weighted by Crippen LogP contribution is 2.69. The predicted octanol–water partition coefficient (Wildman–Crippen LogP) is 11.3. The molecule has 0 saturated heterocycles. The van der Waals surface area contributed by atoms with Crippen LogP contribution in [0, 0.1) is 68.0 Å². The van der Waals surface area contributed by atoms with Crippen molar-refractivity contribution in [2.45, 2.75) is 128 Å². The normalized spacial score (nSPS) is 30.7. The van der Waals surface area contributed by atoms with E-state index in [1.807, 2.05) is 32.9 Å². The van der Waals surface area contributed by atoms with Gasteiger partial charge >= 0.3 is 35.1 Å². The molecule has 4 aliphatic carbocycles. The fraction of sp³-hybridized carbons (Fsp3) is 0.375. The second kappa shape index (κ2) is 27.0. The van der Waals surface area contributed by atoms with Gasteiger partial charge in [0.05, 0.1) is 70.4 Å². The number of hydrogen-bond acceptors (Lipinski definition) is 22. The molecule has 6 aliphatic rings. The first-order chi connectivity index (χ1) is 48.8. The Morgan fingerprint density at radius 3 is 1.33 bits per heavy atom. The molecule has 2 aliphatic heterocycles. The Labute approximate surface area is 587 Å². The molecule has 4 N–H and O–H groups in total. The Hall–Kier alpha value is -10.6. The summed E-state index contributed by atoms with van der Waals surface area (Å²) in [5.41, 5.74) is -5.19. The maximum atomic E-state index is 14.1. The van der Waals surface area contributed by atoms with Gasteiger partial charge in [-0.05, 0) is 172 Å². The quantitative estimate of drug-likeness (QED) is 0.0652. The molecule has 102 heavy (non-hydrogen) atoms. The number of ether oxygens (including phenoxy) is 6. The van der Waals surface area contributed by atoms with Gasteiger partial charge in [-0.15, -0.1) is 0 Å². The monoisotopic (exact) mass is 1380 g/mol. The fourth-order valence-corrected chi connectivity index (χ4v) is 18.0. The Kier molecular flexibility index (Phi) is 18.5. The summed E-state index contributed by atoms with van der Waals surface area (Å²) in [6.45, 7) is 10.7. The molecule has 6 heterocycles. The minimum absolute atomic E-state index is 0.0222. The van der Waals surface area contributed by atoms with E-state index in [1.54, 1.807) is 136 Å². The molecule has 22 nitrogen and oxygen atoms in total. The zero-order valence-corrected chi connectivity index (χ0v) is 56.9. The van der Waals surface area contributed by atoms with Crippen molar-refractivity contribution in [2.24, 2.45) is 45.3 Å². The summed E-state index contributed by atoms with van der Waals surface area (Å²) < 4.78 is 50.0. The summed E-state index contributed by atoms with van der Waals surface area (Å²) in [6, 6.07) is 43.2. The molecule has 4 saturated carbocycles. The summed E-state index contributed by atoms with van der Waals surface area (Å²) in [6.07, 6.45) is 1.75. The van der Waals surface area contributed by atoms with Gasteiger partial charge in [0.2, 0.25) is 0 Å². The molecule has 8 aromatic rings. The maximum absolute atomic E-state index is 14.1. The number of carbonyl (C=O) groups excluding carboxylic acids is 4. The molecule has 14 rings (SSSR count). The third kappa shape index (κ3) is 12.1. The number of rotatable bonds is 12. The lowest BCUT2D eigenvalue weighted by Gasteiger charge is -2.66. The van der Waals surface area contributed by atoms with Crippen molar-refractivity contribution in [1.82, 2.24) is 9.97 Å². The summed E-state index contributed by atoms with van der Waals surface area (Å²) in [4.78, 5) is 90.4. The lowest BCUT2D eigenvalue weighted by atomic mass is 9.42. The summed E-state index contributed by atoms with van der Waals surface area (Å²) in [5.74, 6) is -4.52. The van der Waals surface area contributed by atoms with Crippen LogP contribution < -0.4 is 20.7 Å². The SMILES string of the molecule is C[C@]12CC[C@H](O)[C@@](C)(CO)C1C[C@H](OC(=O)c1ccc(C#N)cc1)[C@@]1(C)Oc3cc(-c4cccnc4)oc(=O)c3[C@H](O)C21.C[C@]12CC[C@H](OC(=O)c3ccccc3)[C@@](C)(COC(=O)c3ccccc3)C1C[C@H](OC(=O)c1ccc(C#N)cc1)[C@@]1(C)Oc3cc(-c4cccnc4)oc(=O)c3[C@H](O)C21. The molecule has 0 radical (unpaired) electrons. The Bertz CT molecular complexity index is 4720. The van der Waals surface area contributed by atoms with E-state index in [4.69, 9.17) is 42.5 Å². The standard InChI is InChI=1S/C47H42N2O10.C33H34N2O8/c1-45-21-20-36(57-42(52)30-13-8-5-9-14-30)46(2,27-55-41(51)29-11-6-4-7-12-29)35(45)24-37(58-43(53)31-18-16-28(25-48)17-19-31)47(3)40(45)39(50)38-34(59-47)23-33(56-44(38)54)32-15-10-22-49-26-32;1-31-11-10-24(37)32(2,17-36)23(31)14-25(42-29(39)19-8-6-18(15-34)7-9-19)33(3)28(31)27(38)26-22(43-33)13-21(41-30(26)40)20-5-4-12-35-16-20/h4-19,22-23,26,35-37,39-40,50H,20-21,24,27H2,1-3H3;4-9,12-13,16,23-25,27-28,36-38H,10-11,14,17H2,1-3H3/t35?,36-,37-,39-,40?,45-,46-,47+;23?,24-,25-,27-,28?,31-,32-,33+/m00/s1. The van der Waals surface area contributed by atoms with Crippen LogP contribution in [0.25, 0.3) is 22.6 Å². The highest BCUT2D eigenvalue weighted by molar-refractivity contribution is 5.91. The summed E-state index contributed by atoms with van der Waals surface area (Å²) in [5, 5.41) is 64.8. The van der Waals surface area contributed by atoms with E-state index in [0.717, 1.165) is 0 Å². The van der Waals surface area contributed by atoms with Crippen LogP contribution in [0.1, 0.15) is 156 Å². The van der Waals surface area contributed by atoms with Gasteiger partial charge in [-0.2, -0.15) is 10.5 Å². The van der Waals surface area contributed by atoms with Gasteiger partial charge in [-0.25, -0.2) is 28.8 Å². The first-order valence-electron chi connectivity index (χ1n) is 33.9. The minimum Gasteiger partial charge on any atom is -0.482 e. The van der Waals surface area contributed by atoms with Gasteiger partial charge in [-0.1, -0.05) is 64.1 Å². The van der Waals surface area contributed by atoms with Crippen molar-refractivity contribution in [3.05, 3.63) is 236 Å². The van der Waals surface area contributed by atoms with Gasteiger partial charge in [0, 0.05) is 70.7 Å². The lowest BCUT2D eigenvalue weighted by molar-refractivity contribution is -0.263. The largest absolute Gasteiger partial charge is 0.482 e. The average Bonchev–Trinajstić information content (AvgIpc) is 0.690. The fourth-order valence-electron chi connectivity index (χ4n) is 18.0. The van der Waals surface area contributed by atoms with E-state index in [-0.39, 0.29) is 71.3 Å². The molecule has 0 bridgehead atoms. The van der Waals surface area contributed by atoms with Crippen LogP contribution in [0.15, 0.2) is 189 Å². The zero-order valence-electron chi connectivity index (χ0n) is 56.9. The number of aliphatic hydroxyl groups excluding tert-OH is 4. The molecule has 0 spiro atoms. The van der Waals surface area contributed by atoms with Crippen molar-refractivity contribution < 1.29 is 76.9 Å². The zero-order chi connectivity index (χ0) is 72.3. The van der Waals surface area contributed by atoms with E-state index in [9.17, 15) is 54.5 Å². The number of hydrogen-bond donors (Lipinski definition) is 4. The number of benzene rings is 4. The summed E-state index contributed by atoms with van der Waals surface area (Å²) in [7, 11) is 0. The highest BCUT2D eigenvalue weighted by Gasteiger charge is 2.73. The number of carbonyl (C=O) groups is 4. The molecule has 4 unspecified atom stereocenters. The third-order valence-corrected chi connectivity index (χ3v) is 23.2. The Balaban J connectivity index is 0.000000191. The van der Waals surface area contributed by atoms with Gasteiger partial charge in [-0.3, -0.25) is 9.97 Å². The van der Waals surface area contributed by atoms with Crippen LogP contribution in [0.5, 0.6) is 11.5 Å². The number of fused-ring (bicyclic) bond motifs is 8. The Morgan fingerprint density at radius 2 is 0.922 bits per heavy atom. The molecule has 524 valence electrons. The number of aliphatic hydroxyl groups is 4. The van der Waals surface area contributed by atoms with Crippen LogP contribution in [-0.2, 0) is 18.9 Å². The molecular weight excluding hydrogens is 1300 g/mol. The molecule has 4 fully saturated rings. The van der Waals surface area contributed by atoms with E-state index in [1.165, 1.54) is 54.7 Å². The van der Waals surface area contributed by atoms with Crippen LogP contribution in [0.4, 0.5) is 0 Å². The van der Waals surface area contributed by atoms with E-state index in [0.29, 0.717) is 59.1 Å². The number of nitrogens with zero attached hydrogens (tertiary/aromatic N) is 4. The Morgan fingerprint density at radius 1 is 0.520 bits per heavy atom. The molecular formula is C80H76N4O18. The van der Waals surface area contributed by atoms with Crippen LogP contribution in [-0.4, -0.2) is 103 Å². The van der Waals surface area contributed by atoms with Crippen molar-refractivity contribution in [1.29, 1.82) is 10.5 Å². The van der Waals surface area contributed by atoms with Crippen molar-refractivity contribution in [3.8, 4) is 46.3 Å². The molecule has 22 heteroatoms. The topological polar surface area (TPSA) is 338 Å². The first kappa shape index (κ1) is 69.8. The van der Waals surface area contributed by atoms with Crippen molar-refractivity contribution >= 4 is 23.9 Å². The second-order valence-electron chi connectivity index (χ2n) is 29.0. The van der Waals surface area contributed by atoms with E-state index in [2.05, 4.69) is 9.97 Å². The first-order valence-corrected chi connectivity index (χ1v) is 33.9. The third-order valence-electron chi connectivity index (χ3n) is 23.2. The van der Waals surface area contributed by atoms with Crippen LogP contribution >= 0.6 is 0 Å². The van der Waals surface area contributed by atoms with Crippen molar-refractivity contribution in [2.75, 3.05) is 13.2 Å².